The molecule has 0 unspecified atom stereocenters. The van der Waals surface area contributed by atoms with Crippen LogP contribution in [0, 0.1) is 6.92 Å². The van der Waals surface area contributed by atoms with Crippen molar-refractivity contribution < 1.29 is 0 Å². The maximum absolute atomic E-state index is 5.82. The fraction of sp³-hybridized carbons (Fsp3) is 0.0909. The normalized spacial score (nSPS) is 11.0. The van der Waals surface area contributed by atoms with Gasteiger partial charge in [0.1, 0.15) is 0 Å². The Labute approximate surface area is 366 Å². The first kappa shape index (κ1) is 40.0. The van der Waals surface area contributed by atoms with Crippen molar-refractivity contribution in [3.05, 3.63) is 228 Å². The van der Waals surface area contributed by atoms with E-state index in [2.05, 4.69) is 196 Å². The van der Waals surface area contributed by atoms with Gasteiger partial charge in [0.15, 0.2) is 0 Å². The molecule has 12 aromatic rings. The number of para-hydroxylation sites is 10. The number of hydrogen-bond acceptors (Lipinski definition) is 2. The second-order valence-corrected chi connectivity index (χ2v) is 15.4. The van der Waals surface area contributed by atoms with Gasteiger partial charge in [0.25, 0.3) is 0 Å². The lowest BCUT2D eigenvalue weighted by Gasteiger charge is -2.04. The van der Waals surface area contributed by atoms with E-state index in [9.17, 15) is 0 Å². The number of rotatable bonds is 4. The molecule has 8 aromatic carbocycles. The number of imidazole rings is 4. The highest BCUT2D eigenvalue weighted by atomic mass is 35.5. The predicted molar refractivity (Wildman–Crippen MR) is 260 cm³/mol. The molecular formula is C55H47ClN6. The highest BCUT2D eigenvalue weighted by Gasteiger charge is 2.17. The fourth-order valence-corrected chi connectivity index (χ4v) is 8.43. The van der Waals surface area contributed by atoms with E-state index in [1.54, 1.807) is 0 Å². The van der Waals surface area contributed by atoms with E-state index in [0.717, 1.165) is 62.9 Å². The molecule has 0 fully saturated rings. The quantitative estimate of drug-likeness (QED) is 0.177. The number of benzene rings is 8. The van der Waals surface area contributed by atoms with Gasteiger partial charge in [0.2, 0.25) is 11.6 Å². The summed E-state index contributed by atoms with van der Waals surface area (Å²) in [4.78, 5) is 9.71. The summed E-state index contributed by atoms with van der Waals surface area (Å²) in [5.74, 6) is 1.90. The smallest absolute Gasteiger partial charge is 0.220 e. The van der Waals surface area contributed by atoms with E-state index in [1.165, 1.54) is 38.8 Å². The molecule has 304 valence electrons. The van der Waals surface area contributed by atoms with Crippen LogP contribution in [0.4, 0.5) is 0 Å². The van der Waals surface area contributed by atoms with Crippen LogP contribution >= 0.6 is 11.6 Å². The van der Waals surface area contributed by atoms with Gasteiger partial charge in [-0.25, -0.2) is 9.97 Å². The summed E-state index contributed by atoms with van der Waals surface area (Å²) in [6.45, 7) is 6.43. The minimum atomic E-state index is 0.875. The Bertz CT molecular complexity index is 3180. The van der Waals surface area contributed by atoms with Crippen molar-refractivity contribution in [3.63, 3.8) is 0 Å². The van der Waals surface area contributed by atoms with Crippen LogP contribution in [0.15, 0.2) is 206 Å². The van der Waals surface area contributed by atoms with Gasteiger partial charge in [-0.3, -0.25) is 17.9 Å². The molecule has 6 nitrogen and oxygen atoms in total. The minimum absolute atomic E-state index is 0.875. The molecule has 0 saturated heterocycles. The summed E-state index contributed by atoms with van der Waals surface area (Å²) in [6, 6.07) is 70.6. The number of aryl methyl sites for hydroxylation is 3. The number of aromatic nitrogens is 6. The first-order chi connectivity index (χ1) is 30.6. The van der Waals surface area contributed by atoms with E-state index in [0.29, 0.717) is 0 Å². The zero-order valence-electron chi connectivity index (χ0n) is 35.1. The Hall–Kier alpha value is -7.41. The third-order valence-electron chi connectivity index (χ3n) is 11.2. The summed E-state index contributed by atoms with van der Waals surface area (Å²) < 4.78 is 8.90. The van der Waals surface area contributed by atoms with Crippen molar-refractivity contribution in [1.29, 1.82) is 0 Å². The zero-order valence-corrected chi connectivity index (χ0v) is 35.9. The number of hydrogen-bond donors (Lipinski definition) is 0. The lowest BCUT2D eigenvalue weighted by molar-refractivity contribution is 1.11. The largest absolute Gasteiger partial charge is 0.278 e. The van der Waals surface area contributed by atoms with E-state index in [4.69, 9.17) is 21.6 Å². The van der Waals surface area contributed by atoms with Gasteiger partial charge >= 0.3 is 0 Å². The Kier molecular flexibility index (Phi) is 11.7. The molecule has 62 heavy (non-hydrogen) atoms. The molecule has 4 aromatic heterocycles. The summed E-state index contributed by atoms with van der Waals surface area (Å²) in [7, 11) is 0. The fourth-order valence-electron chi connectivity index (χ4n) is 8.16. The molecule has 0 radical (unpaired) electrons. The molecular weight excluding hydrogens is 780 g/mol. The third-order valence-corrected chi connectivity index (χ3v) is 11.6. The van der Waals surface area contributed by atoms with Crippen LogP contribution in [0.3, 0.4) is 0 Å². The Balaban J connectivity index is 0.000000115. The molecule has 0 aliphatic carbocycles. The van der Waals surface area contributed by atoms with Crippen molar-refractivity contribution in [1.82, 2.24) is 27.9 Å². The summed E-state index contributed by atoms with van der Waals surface area (Å²) in [5.41, 5.74) is 15.4. The van der Waals surface area contributed by atoms with Crippen molar-refractivity contribution in [2.75, 3.05) is 0 Å². The average Bonchev–Trinajstić information content (AvgIpc) is 4.07. The molecule has 7 heteroatoms. The van der Waals surface area contributed by atoms with Crippen molar-refractivity contribution >= 4 is 67.3 Å². The zero-order chi connectivity index (χ0) is 42.4. The second kappa shape index (κ2) is 18.1. The molecule has 0 aliphatic heterocycles. The van der Waals surface area contributed by atoms with Gasteiger partial charge in [-0.05, 0) is 115 Å². The standard InChI is InChI=1S/2C19H13N3.C9H12.C8H9Cl/c2*1-2-8-14(9-3-1)21-17-12-6-7-13-18(17)22-16-11-5-4-10-15(16)20-19(21)22;1-3-9-7-5-4-6-8(9)2;1-2-7-5-3-4-6-8(7)9/h2*1-13H;4-7H,3H2,1-2H3;3-6H,2H2,1H3. The molecule has 0 atom stereocenters. The third kappa shape index (κ3) is 7.73. The molecule has 0 N–H and O–H groups in total. The molecule has 0 amide bonds. The van der Waals surface area contributed by atoms with Crippen LogP contribution < -0.4 is 0 Å². The van der Waals surface area contributed by atoms with E-state index >= 15 is 0 Å². The van der Waals surface area contributed by atoms with Crippen molar-refractivity contribution in [2.24, 2.45) is 0 Å². The molecule has 0 bridgehead atoms. The van der Waals surface area contributed by atoms with Crippen LogP contribution in [0.5, 0.6) is 0 Å². The van der Waals surface area contributed by atoms with Gasteiger partial charge < -0.3 is 0 Å². The predicted octanol–water partition coefficient (Wildman–Crippen LogP) is 14.3. The summed E-state index contributed by atoms with van der Waals surface area (Å²) >= 11 is 5.82. The van der Waals surface area contributed by atoms with Crippen LogP contribution in [0.2, 0.25) is 5.02 Å². The number of nitrogens with zero attached hydrogens (tertiary/aromatic N) is 6. The van der Waals surface area contributed by atoms with E-state index in [-0.39, 0.29) is 0 Å². The molecule has 0 saturated carbocycles. The Morgan fingerprint density at radius 1 is 0.371 bits per heavy atom. The van der Waals surface area contributed by atoms with Gasteiger partial charge in [-0.15, -0.1) is 0 Å². The van der Waals surface area contributed by atoms with Crippen molar-refractivity contribution in [3.8, 4) is 11.4 Å². The molecule has 12 rings (SSSR count). The first-order valence-electron chi connectivity index (χ1n) is 21.2. The highest BCUT2D eigenvalue weighted by Crippen LogP contribution is 2.30. The second-order valence-electron chi connectivity index (χ2n) is 15.0. The van der Waals surface area contributed by atoms with Gasteiger partial charge in [-0.2, -0.15) is 0 Å². The molecule has 4 heterocycles. The topological polar surface area (TPSA) is 44.5 Å². The average molecular weight is 827 g/mol. The monoisotopic (exact) mass is 826 g/mol. The number of fused-ring (bicyclic) bond motifs is 10. The molecule has 0 aliphatic rings. The van der Waals surface area contributed by atoms with Crippen LogP contribution in [-0.2, 0) is 12.8 Å². The maximum atomic E-state index is 5.82. The molecule has 0 spiro atoms. The van der Waals surface area contributed by atoms with E-state index in [1.807, 2.05) is 48.5 Å². The maximum Gasteiger partial charge on any atom is 0.220 e. The lowest BCUT2D eigenvalue weighted by Crippen LogP contribution is -1.94. The van der Waals surface area contributed by atoms with Gasteiger partial charge in [0.05, 0.1) is 44.1 Å². The lowest BCUT2D eigenvalue weighted by atomic mass is 10.1. The van der Waals surface area contributed by atoms with Crippen LogP contribution in [-0.4, -0.2) is 27.9 Å². The van der Waals surface area contributed by atoms with Crippen LogP contribution in [0.25, 0.3) is 67.1 Å². The number of halogens is 1. The summed E-state index contributed by atoms with van der Waals surface area (Å²) in [6.07, 6.45) is 2.16. The highest BCUT2D eigenvalue weighted by molar-refractivity contribution is 6.31. The summed E-state index contributed by atoms with van der Waals surface area (Å²) in [5, 5.41) is 0.875. The SMILES string of the molecule is CCc1ccccc1C.CCc1ccccc1Cl.c1ccc(-n2c3ccccc3n3c4ccccc4nc23)cc1.c1ccc(-n2c3ccccc3n3c4ccccc4nc23)cc1. The van der Waals surface area contributed by atoms with Crippen LogP contribution in [0.1, 0.15) is 30.5 Å². The minimum Gasteiger partial charge on any atom is -0.278 e. The van der Waals surface area contributed by atoms with Gasteiger partial charge in [-0.1, -0.05) is 153 Å². The van der Waals surface area contributed by atoms with Crippen molar-refractivity contribution in [2.45, 2.75) is 33.6 Å². The Morgan fingerprint density at radius 2 is 0.726 bits per heavy atom. The van der Waals surface area contributed by atoms with E-state index < -0.39 is 0 Å². The first-order valence-corrected chi connectivity index (χ1v) is 21.6. The Morgan fingerprint density at radius 3 is 1.13 bits per heavy atom. The van der Waals surface area contributed by atoms with Gasteiger partial charge in [0, 0.05) is 16.4 Å².